The maximum absolute atomic E-state index is 12.8. The lowest BCUT2D eigenvalue weighted by atomic mass is 10.0. The van der Waals surface area contributed by atoms with Crippen LogP contribution in [0.25, 0.3) is 0 Å². The average molecular weight is 224 g/mol. The molecule has 1 atom stereocenters. The molecule has 14 heavy (non-hydrogen) atoms. The highest BCUT2D eigenvalue weighted by atomic mass is 35.5. The van der Waals surface area contributed by atoms with Crippen molar-refractivity contribution in [1.82, 2.24) is 0 Å². The van der Waals surface area contributed by atoms with Gasteiger partial charge in [-0.25, -0.2) is 4.39 Å². The quantitative estimate of drug-likeness (QED) is 0.826. The minimum absolute atomic E-state index is 0. The number of nitrogens with two attached hydrogens (primary N) is 1. The van der Waals surface area contributed by atoms with E-state index in [1.54, 1.807) is 0 Å². The summed E-state index contributed by atoms with van der Waals surface area (Å²) in [5.41, 5.74) is 5.76. The van der Waals surface area contributed by atoms with E-state index in [1.807, 2.05) is 0 Å². The lowest BCUT2D eigenvalue weighted by molar-refractivity contribution is 0.404. The molecule has 1 aromatic rings. The standard InChI is InChI=1S/C9H11F2NO.ClH/c10-5-4-8(12)6-2-1-3-7(11)9(6)13;/h1-3,8,13H,4-5,12H2;1H/t8-;/m0./s1. The minimum atomic E-state index is -0.730. The molecule has 80 valence electrons. The second-order valence-corrected chi connectivity index (χ2v) is 2.76. The van der Waals surface area contributed by atoms with Gasteiger partial charge in [0, 0.05) is 11.6 Å². The summed E-state index contributed by atoms with van der Waals surface area (Å²) in [6.45, 7) is -0.586. The SMILES string of the molecule is Cl.N[C@@H](CCF)c1cccc(F)c1O. The molecule has 0 aliphatic rings. The smallest absolute Gasteiger partial charge is 0.165 e. The van der Waals surface area contributed by atoms with Crippen LogP contribution in [-0.2, 0) is 0 Å². The van der Waals surface area contributed by atoms with Crippen molar-refractivity contribution in [2.75, 3.05) is 6.67 Å². The van der Waals surface area contributed by atoms with Crippen molar-refractivity contribution in [3.05, 3.63) is 29.6 Å². The molecule has 0 aromatic heterocycles. The summed E-state index contributed by atoms with van der Waals surface area (Å²) in [5.74, 6) is -1.21. The first-order valence-corrected chi connectivity index (χ1v) is 3.95. The van der Waals surface area contributed by atoms with Crippen LogP contribution < -0.4 is 5.73 Å². The lowest BCUT2D eigenvalue weighted by Gasteiger charge is -2.11. The zero-order valence-corrected chi connectivity index (χ0v) is 8.23. The molecule has 0 aliphatic carbocycles. The number of aromatic hydroxyl groups is 1. The van der Waals surface area contributed by atoms with Crippen molar-refractivity contribution in [2.45, 2.75) is 12.5 Å². The molecule has 1 aromatic carbocycles. The maximum Gasteiger partial charge on any atom is 0.165 e. The first-order valence-electron chi connectivity index (χ1n) is 3.95. The van der Waals surface area contributed by atoms with Crippen molar-refractivity contribution >= 4 is 12.4 Å². The van der Waals surface area contributed by atoms with Gasteiger partial charge >= 0.3 is 0 Å². The molecule has 0 unspecified atom stereocenters. The van der Waals surface area contributed by atoms with Gasteiger partial charge in [-0.15, -0.1) is 12.4 Å². The van der Waals surface area contributed by atoms with Crippen LogP contribution in [0.3, 0.4) is 0 Å². The Bertz CT molecular complexity index is 296. The Balaban J connectivity index is 0.00000169. The fraction of sp³-hybridized carbons (Fsp3) is 0.333. The molecule has 0 fully saturated rings. The fourth-order valence-electron chi connectivity index (χ4n) is 1.10. The number of halogens is 3. The zero-order chi connectivity index (χ0) is 9.84. The monoisotopic (exact) mass is 223 g/mol. The Kier molecular flexibility index (Phi) is 5.42. The van der Waals surface area contributed by atoms with Crippen molar-refractivity contribution in [1.29, 1.82) is 0 Å². The molecule has 0 amide bonds. The number of para-hydroxylation sites is 1. The summed E-state index contributed by atoms with van der Waals surface area (Å²) in [7, 11) is 0. The predicted octanol–water partition coefficient (Wildman–Crippen LogP) is 2.31. The number of rotatable bonds is 3. The van der Waals surface area contributed by atoms with Crippen molar-refractivity contribution < 1.29 is 13.9 Å². The van der Waals surface area contributed by atoms with Crippen LogP contribution in [0.2, 0.25) is 0 Å². The van der Waals surface area contributed by atoms with Gasteiger partial charge in [0.2, 0.25) is 0 Å². The molecule has 0 spiro atoms. The third-order valence-corrected chi connectivity index (χ3v) is 1.84. The molecule has 3 N–H and O–H groups in total. The highest BCUT2D eigenvalue weighted by Crippen LogP contribution is 2.26. The Morgan fingerprint density at radius 3 is 2.64 bits per heavy atom. The first kappa shape index (κ1) is 13.1. The number of hydrogen-bond donors (Lipinski definition) is 2. The molecule has 0 heterocycles. The number of hydrogen-bond acceptors (Lipinski definition) is 2. The Hall–Kier alpha value is -0.870. The first-order chi connectivity index (χ1) is 6.16. The zero-order valence-electron chi connectivity index (χ0n) is 7.41. The highest BCUT2D eigenvalue weighted by Gasteiger charge is 2.13. The summed E-state index contributed by atoms with van der Waals surface area (Å²) < 4.78 is 24.7. The van der Waals surface area contributed by atoms with E-state index in [0.717, 1.165) is 6.07 Å². The van der Waals surface area contributed by atoms with E-state index in [2.05, 4.69) is 0 Å². The van der Waals surface area contributed by atoms with E-state index in [0.29, 0.717) is 0 Å². The van der Waals surface area contributed by atoms with E-state index < -0.39 is 24.3 Å². The lowest BCUT2D eigenvalue weighted by Crippen LogP contribution is -2.11. The summed E-state index contributed by atoms with van der Waals surface area (Å²) in [6, 6.07) is 3.39. The van der Waals surface area contributed by atoms with Crippen molar-refractivity contribution in [3.8, 4) is 5.75 Å². The third kappa shape index (κ3) is 2.82. The highest BCUT2D eigenvalue weighted by molar-refractivity contribution is 5.85. The van der Waals surface area contributed by atoms with Gasteiger partial charge in [-0.3, -0.25) is 4.39 Å². The summed E-state index contributed by atoms with van der Waals surface area (Å²) >= 11 is 0. The van der Waals surface area contributed by atoms with Crippen LogP contribution in [-0.4, -0.2) is 11.8 Å². The van der Waals surface area contributed by atoms with Crippen LogP contribution in [0.4, 0.5) is 8.78 Å². The molecule has 0 radical (unpaired) electrons. The fourth-order valence-corrected chi connectivity index (χ4v) is 1.10. The van der Waals surface area contributed by atoms with Gasteiger partial charge in [-0.1, -0.05) is 12.1 Å². The molecule has 2 nitrogen and oxygen atoms in total. The van der Waals surface area contributed by atoms with E-state index in [-0.39, 0.29) is 24.4 Å². The molecule has 5 heteroatoms. The largest absolute Gasteiger partial charge is 0.505 e. The molecule has 0 saturated carbocycles. The Morgan fingerprint density at radius 2 is 2.07 bits per heavy atom. The molecule has 0 aliphatic heterocycles. The summed E-state index contributed by atoms with van der Waals surface area (Å²) in [5, 5.41) is 9.22. The molecular weight excluding hydrogens is 212 g/mol. The van der Waals surface area contributed by atoms with E-state index in [1.165, 1.54) is 12.1 Å². The van der Waals surface area contributed by atoms with Crippen LogP contribution >= 0.6 is 12.4 Å². The number of phenolic OH excluding ortho intramolecular Hbond substituents is 1. The van der Waals surface area contributed by atoms with Gasteiger partial charge in [0.15, 0.2) is 11.6 Å². The van der Waals surface area contributed by atoms with E-state index >= 15 is 0 Å². The summed E-state index contributed by atoms with van der Waals surface area (Å²) in [4.78, 5) is 0. The molecular formula is C9H12ClF2NO. The van der Waals surface area contributed by atoms with E-state index in [4.69, 9.17) is 5.73 Å². The van der Waals surface area contributed by atoms with Gasteiger partial charge < -0.3 is 10.8 Å². The molecule has 1 rings (SSSR count). The van der Waals surface area contributed by atoms with Crippen molar-refractivity contribution in [2.24, 2.45) is 5.73 Å². The number of benzene rings is 1. The molecule has 0 saturated heterocycles. The van der Waals surface area contributed by atoms with Crippen LogP contribution in [0.1, 0.15) is 18.0 Å². The number of phenols is 1. The van der Waals surface area contributed by atoms with Gasteiger partial charge in [-0.2, -0.15) is 0 Å². The second-order valence-electron chi connectivity index (χ2n) is 2.76. The van der Waals surface area contributed by atoms with E-state index in [9.17, 15) is 13.9 Å². The molecule has 0 bridgehead atoms. The predicted molar refractivity (Wildman–Crippen MR) is 52.8 cm³/mol. The van der Waals surface area contributed by atoms with Crippen LogP contribution in [0, 0.1) is 5.82 Å². The van der Waals surface area contributed by atoms with Gasteiger partial charge in [0.1, 0.15) is 0 Å². The van der Waals surface area contributed by atoms with Gasteiger partial charge in [0.25, 0.3) is 0 Å². The topological polar surface area (TPSA) is 46.2 Å². The third-order valence-electron chi connectivity index (χ3n) is 1.84. The van der Waals surface area contributed by atoms with Gasteiger partial charge in [0.05, 0.1) is 6.67 Å². The van der Waals surface area contributed by atoms with Crippen molar-refractivity contribution in [3.63, 3.8) is 0 Å². The summed E-state index contributed by atoms with van der Waals surface area (Å²) in [6.07, 6.45) is 0.0804. The number of alkyl halides is 1. The normalized spacial score (nSPS) is 11.9. The van der Waals surface area contributed by atoms with Gasteiger partial charge in [-0.05, 0) is 12.5 Å². The Labute approximate surface area is 87.1 Å². The van der Waals surface area contributed by atoms with Crippen LogP contribution in [0.15, 0.2) is 18.2 Å². The minimum Gasteiger partial charge on any atom is -0.505 e. The second kappa shape index (κ2) is 5.78. The Morgan fingerprint density at radius 1 is 1.43 bits per heavy atom. The maximum atomic E-state index is 12.8. The average Bonchev–Trinajstić information content (AvgIpc) is 2.10. The van der Waals surface area contributed by atoms with Crippen LogP contribution in [0.5, 0.6) is 5.75 Å².